The molecular formula is C7H3BrClIN2. The molecule has 0 unspecified atom stereocenters. The van der Waals surface area contributed by atoms with Crippen molar-refractivity contribution >= 4 is 61.0 Å². The Morgan fingerprint density at radius 1 is 1.58 bits per heavy atom. The largest absolute Gasteiger partial charge is 0.359 e. The van der Waals surface area contributed by atoms with E-state index in [4.69, 9.17) is 11.6 Å². The smallest absolute Gasteiger partial charge is 0.139 e. The van der Waals surface area contributed by atoms with Gasteiger partial charge >= 0.3 is 0 Å². The third kappa shape index (κ3) is 1.25. The van der Waals surface area contributed by atoms with Gasteiger partial charge in [0.2, 0.25) is 0 Å². The average Bonchev–Trinajstić information content (AvgIpc) is 2.42. The Bertz CT molecular complexity index is 440. The first-order chi connectivity index (χ1) is 5.70. The molecule has 2 heterocycles. The number of aromatic amines is 1. The van der Waals surface area contributed by atoms with Crippen molar-refractivity contribution in [1.82, 2.24) is 9.97 Å². The molecule has 0 aliphatic carbocycles. The average molecular weight is 357 g/mol. The highest BCUT2D eigenvalue weighted by Crippen LogP contribution is 2.30. The van der Waals surface area contributed by atoms with Crippen LogP contribution >= 0.6 is 50.1 Å². The predicted octanol–water partition coefficient (Wildman–Crippen LogP) is 3.58. The number of fused-ring (bicyclic) bond motifs is 1. The van der Waals surface area contributed by atoms with E-state index in [0.717, 1.165) is 18.9 Å². The van der Waals surface area contributed by atoms with E-state index in [-0.39, 0.29) is 0 Å². The number of hydrogen-bond acceptors (Lipinski definition) is 1. The Morgan fingerprint density at radius 2 is 2.33 bits per heavy atom. The number of hydrogen-bond donors (Lipinski definition) is 1. The van der Waals surface area contributed by atoms with Crippen molar-refractivity contribution in [2.24, 2.45) is 0 Å². The number of rotatable bonds is 0. The van der Waals surface area contributed by atoms with Crippen LogP contribution in [0, 0.1) is 3.57 Å². The van der Waals surface area contributed by atoms with Gasteiger partial charge in [0, 0.05) is 16.0 Å². The van der Waals surface area contributed by atoms with Crippen LogP contribution < -0.4 is 0 Å². The van der Waals surface area contributed by atoms with Gasteiger partial charge in [0.15, 0.2) is 0 Å². The molecule has 0 radical (unpaired) electrons. The number of nitrogens with one attached hydrogen (secondary N) is 1. The van der Waals surface area contributed by atoms with E-state index in [1.54, 1.807) is 6.20 Å². The zero-order valence-electron chi connectivity index (χ0n) is 5.74. The van der Waals surface area contributed by atoms with Gasteiger partial charge in [-0.3, -0.25) is 0 Å². The summed E-state index contributed by atoms with van der Waals surface area (Å²) in [6.07, 6.45) is 3.60. The quantitative estimate of drug-likeness (QED) is 0.567. The molecule has 1 N–H and O–H groups in total. The first-order valence-corrected chi connectivity index (χ1v) is 5.41. The molecule has 0 aromatic carbocycles. The highest BCUT2D eigenvalue weighted by molar-refractivity contribution is 14.1. The maximum Gasteiger partial charge on any atom is 0.139 e. The van der Waals surface area contributed by atoms with Gasteiger partial charge in [-0.25, -0.2) is 4.98 Å². The normalized spacial score (nSPS) is 10.9. The number of H-pyrrole nitrogens is 1. The minimum absolute atomic E-state index is 0.541. The first kappa shape index (κ1) is 8.77. The lowest BCUT2D eigenvalue weighted by atomic mass is 10.3. The molecule has 0 saturated heterocycles. The van der Waals surface area contributed by atoms with Crippen molar-refractivity contribution in [3.05, 3.63) is 25.6 Å². The van der Waals surface area contributed by atoms with Crippen LogP contribution in [0.4, 0.5) is 0 Å². The number of pyridine rings is 1. The third-order valence-electron chi connectivity index (χ3n) is 1.57. The van der Waals surface area contributed by atoms with Crippen LogP contribution in [0.25, 0.3) is 10.9 Å². The molecule has 0 spiro atoms. The molecule has 0 fully saturated rings. The number of nitrogens with zero attached hydrogens (tertiary/aromatic N) is 1. The van der Waals surface area contributed by atoms with Gasteiger partial charge in [0.05, 0.1) is 15.4 Å². The highest BCUT2D eigenvalue weighted by Gasteiger charge is 2.08. The summed E-state index contributed by atoms with van der Waals surface area (Å²) in [5, 5.41) is 1.52. The molecular weight excluding hydrogens is 354 g/mol. The van der Waals surface area contributed by atoms with Crippen LogP contribution in [0.2, 0.25) is 5.15 Å². The first-order valence-electron chi connectivity index (χ1n) is 3.16. The topological polar surface area (TPSA) is 28.7 Å². The maximum atomic E-state index is 5.92. The molecule has 0 aliphatic heterocycles. The summed E-state index contributed by atoms with van der Waals surface area (Å²) in [6.45, 7) is 0. The minimum Gasteiger partial charge on any atom is -0.359 e. The summed E-state index contributed by atoms with van der Waals surface area (Å²) in [4.78, 5) is 7.15. The van der Waals surface area contributed by atoms with Crippen molar-refractivity contribution < 1.29 is 0 Å². The molecule has 0 atom stereocenters. The van der Waals surface area contributed by atoms with Crippen molar-refractivity contribution in [1.29, 1.82) is 0 Å². The van der Waals surface area contributed by atoms with Gasteiger partial charge in [-0.2, -0.15) is 0 Å². The van der Waals surface area contributed by atoms with E-state index in [9.17, 15) is 0 Å². The lowest BCUT2D eigenvalue weighted by Crippen LogP contribution is -1.78. The van der Waals surface area contributed by atoms with Crippen LogP contribution in [-0.4, -0.2) is 9.97 Å². The second kappa shape index (κ2) is 3.16. The molecule has 0 bridgehead atoms. The molecule has 0 aliphatic rings. The summed E-state index contributed by atoms with van der Waals surface area (Å²) >= 11 is 11.5. The van der Waals surface area contributed by atoms with Crippen molar-refractivity contribution in [3.63, 3.8) is 0 Å². The maximum absolute atomic E-state index is 5.92. The van der Waals surface area contributed by atoms with Crippen molar-refractivity contribution in [2.75, 3.05) is 0 Å². The zero-order chi connectivity index (χ0) is 8.72. The summed E-state index contributed by atoms with van der Waals surface area (Å²) < 4.78 is 2.02. The fourth-order valence-corrected chi connectivity index (χ4v) is 2.53. The molecule has 12 heavy (non-hydrogen) atoms. The Labute approximate surface area is 96.0 Å². The van der Waals surface area contributed by atoms with Crippen LogP contribution in [-0.2, 0) is 0 Å². The van der Waals surface area contributed by atoms with E-state index in [0.29, 0.717) is 5.15 Å². The molecule has 2 aromatic rings. The molecule has 62 valence electrons. The fraction of sp³-hybridized carbons (Fsp3) is 0. The van der Waals surface area contributed by atoms with E-state index in [1.807, 2.05) is 6.20 Å². The van der Waals surface area contributed by atoms with E-state index >= 15 is 0 Å². The second-order valence-corrected chi connectivity index (χ2v) is 4.66. The van der Waals surface area contributed by atoms with E-state index in [1.165, 1.54) is 0 Å². The zero-order valence-corrected chi connectivity index (χ0v) is 10.2. The summed E-state index contributed by atoms with van der Waals surface area (Å²) in [6, 6.07) is 0. The molecule has 5 heteroatoms. The van der Waals surface area contributed by atoms with E-state index in [2.05, 4.69) is 48.5 Å². The highest BCUT2D eigenvalue weighted by atomic mass is 127. The van der Waals surface area contributed by atoms with Crippen LogP contribution in [0.3, 0.4) is 0 Å². The second-order valence-electron chi connectivity index (χ2n) is 2.28. The summed E-state index contributed by atoms with van der Waals surface area (Å²) in [7, 11) is 0. The number of aromatic nitrogens is 2. The molecule has 2 rings (SSSR count). The lowest BCUT2D eigenvalue weighted by Gasteiger charge is -1.95. The third-order valence-corrected chi connectivity index (χ3v) is 3.31. The SMILES string of the molecule is Clc1ncc(Br)c2[nH]cc(I)c12. The minimum atomic E-state index is 0.541. The van der Waals surface area contributed by atoms with Crippen LogP contribution in [0.5, 0.6) is 0 Å². The van der Waals surface area contributed by atoms with Gasteiger partial charge in [-0.15, -0.1) is 0 Å². The van der Waals surface area contributed by atoms with Gasteiger partial charge in [-0.05, 0) is 38.5 Å². The Balaban J connectivity index is 2.98. The predicted molar refractivity (Wildman–Crippen MR) is 61.5 cm³/mol. The molecule has 2 aromatic heterocycles. The Hall–Kier alpha value is 0.190. The Kier molecular flexibility index (Phi) is 2.31. The van der Waals surface area contributed by atoms with Crippen molar-refractivity contribution in [2.45, 2.75) is 0 Å². The lowest BCUT2D eigenvalue weighted by molar-refractivity contribution is 1.33. The fourth-order valence-electron chi connectivity index (χ4n) is 1.03. The molecule has 0 amide bonds. The van der Waals surface area contributed by atoms with Gasteiger partial charge in [0.1, 0.15) is 5.15 Å². The standard InChI is InChI=1S/C7H3BrClIN2/c8-3-1-12-7(9)5-4(10)2-11-6(3)5/h1-2,11H. The van der Waals surface area contributed by atoms with Gasteiger partial charge < -0.3 is 4.98 Å². The summed E-state index contributed by atoms with van der Waals surface area (Å²) in [5.74, 6) is 0. The van der Waals surface area contributed by atoms with Gasteiger partial charge in [-0.1, -0.05) is 11.6 Å². The monoisotopic (exact) mass is 356 g/mol. The molecule has 0 saturated carbocycles. The summed E-state index contributed by atoms with van der Waals surface area (Å²) in [5.41, 5.74) is 0.999. The van der Waals surface area contributed by atoms with Crippen LogP contribution in [0.15, 0.2) is 16.9 Å². The molecule has 2 nitrogen and oxygen atoms in total. The van der Waals surface area contributed by atoms with Crippen molar-refractivity contribution in [3.8, 4) is 0 Å². The van der Waals surface area contributed by atoms with E-state index < -0.39 is 0 Å². The Morgan fingerprint density at radius 3 is 3.00 bits per heavy atom. The number of halogens is 3. The van der Waals surface area contributed by atoms with Gasteiger partial charge in [0.25, 0.3) is 0 Å². The van der Waals surface area contributed by atoms with Crippen LogP contribution in [0.1, 0.15) is 0 Å².